The van der Waals surface area contributed by atoms with E-state index in [0.717, 1.165) is 16.7 Å². The van der Waals surface area contributed by atoms with E-state index in [1.54, 1.807) is 25.4 Å². The summed E-state index contributed by atoms with van der Waals surface area (Å²) in [5.74, 6) is 0.713. The van der Waals surface area contributed by atoms with Crippen molar-refractivity contribution in [3.63, 3.8) is 0 Å². The molecular formula is C23H26N2O3S. The molecular weight excluding hydrogens is 384 g/mol. The molecule has 0 aliphatic heterocycles. The number of hydrogen-bond acceptors (Lipinski definition) is 4. The molecule has 0 saturated carbocycles. The number of benzene rings is 2. The van der Waals surface area contributed by atoms with Crippen molar-refractivity contribution in [1.29, 1.82) is 0 Å². The Balaban J connectivity index is 1.95. The van der Waals surface area contributed by atoms with E-state index < -0.39 is 10.0 Å². The van der Waals surface area contributed by atoms with E-state index >= 15 is 0 Å². The average Bonchev–Trinajstić information content (AvgIpc) is 2.72. The van der Waals surface area contributed by atoms with Gasteiger partial charge in [-0.1, -0.05) is 36.4 Å². The lowest BCUT2D eigenvalue weighted by Crippen LogP contribution is -2.33. The zero-order valence-corrected chi connectivity index (χ0v) is 17.8. The number of rotatable bonds is 8. The minimum absolute atomic E-state index is 0.222. The fourth-order valence-corrected chi connectivity index (χ4v) is 4.97. The SMILES string of the molecule is COc1c(C)cc(S(=O)(=O)N(CCc2ccccc2)Cc2ccccn2)cc1C. The van der Waals surface area contributed by atoms with Gasteiger partial charge in [-0.05, 0) is 61.2 Å². The molecule has 0 saturated heterocycles. The summed E-state index contributed by atoms with van der Waals surface area (Å²) in [4.78, 5) is 4.59. The van der Waals surface area contributed by atoms with E-state index in [1.807, 2.05) is 62.4 Å². The predicted molar refractivity (Wildman–Crippen MR) is 114 cm³/mol. The van der Waals surface area contributed by atoms with E-state index in [-0.39, 0.29) is 11.4 Å². The lowest BCUT2D eigenvalue weighted by atomic mass is 10.1. The van der Waals surface area contributed by atoms with Crippen LogP contribution in [-0.2, 0) is 23.0 Å². The Hall–Kier alpha value is -2.70. The van der Waals surface area contributed by atoms with Gasteiger partial charge < -0.3 is 4.74 Å². The number of aromatic nitrogens is 1. The first-order chi connectivity index (χ1) is 13.9. The Bertz CT molecular complexity index is 1030. The first-order valence-corrected chi connectivity index (χ1v) is 10.9. The van der Waals surface area contributed by atoms with Gasteiger partial charge in [0.25, 0.3) is 0 Å². The molecule has 0 N–H and O–H groups in total. The van der Waals surface area contributed by atoms with Crippen molar-refractivity contribution in [2.24, 2.45) is 0 Å². The molecule has 0 atom stereocenters. The molecule has 0 aliphatic carbocycles. The van der Waals surface area contributed by atoms with Crippen LogP contribution in [0.15, 0.2) is 71.8 Å². The molecule has 152 valence electrons. The maximum absolute atomic E-state index is 13.5. The topological polar surface area (TPSA) is 59.5 Å². The van der Waals surface area contributed by atoms with Gasteiger partial charge in [-0.3, -0.25) is 4.98 Å². The number of methoxy groups -OCH3 is 1. The molecule has 0 unspecified atom stereocenters. The molecule has 0 bridgehead atoms. The van der Waals surface area contributed by atoms with Gasteiger partial charge in [0.05, 0.1) is 24.2 Å². The van der Waals surface area contributed by atoms with E-state index in [9.17, 15) is 8.42 Å². The first-order valence-electron chi connectivity index (χ1n) is 9.51. The summed E-state index contributed by atoms with van der Waals surface area (Å²) in [6.45, 7) is 4.31. The normalized spacial score (nSPS) is 11.6. The van der Waals surface area contributed by atoms with Crippen LogP contribution in [0.4, 0.5) is 0 Å². The molecule has 1 aromatic heterocycles. The maximum atomic E-state index is 13.5. The summed E-state index contributed by atoms with van der Waals surface area (Å²) in [6.07, 6.45) is 2.31. The second-order valence-electron chi connectivity index (χ2n) is 6.99. The van der Waals surface area contributed by atoms with Crippen molar-refractivity contribution in [3.05, 3.63) is 89.2 Å². The van der Waals surface area contributed by atoms with Crippen LogP contribution < -0.4 is 4.74 Å². The van der Waals surface area contributed by atoms with Gasteiger partial charge in [0.1, 0.15) is 5.75 Å². The fraction of sp³-hybridized carbons (Fsp3) is 0.261. The number of sulfonamides is 1. The fourth-order valence-electron chi connectivity index (χ4n) is 3.39. The van der Waals surface area contributed by atoms with Crippen molar-refractivity contribution in [2.45, 2.75) is 31.7 Å². The molecule has 5 nitrogen and oxygen atoms in total. The molecule has 0 aliphatic rings. The van der Waals surface area contributed by atoms with Crippen LogP contribution in [0.5, 0.6) is 5.75 Å². The standard InChI is InChI=1S/C23H26N2O3S/c1-18-15-22(16-19(2)23(18)28-3)29(26,27)25(17-21-11-7-8-13-24-21)14-12-20-9-5-4-6-10-20/h4-11,13,15-16H,12,14,17H2,1-3H3. The molecule has 0 amide bonds. The Labute approximate surface area is 173 Å². The number of nitrogens with zero attached hydrogens (tertiary/aromatic N) is 2. The third-order valence-electron chi connectivity index (χ3n) is 4.83. The van der Waals surface area contributed by atoms with E-state index in [0.29, 0.717) is 24.4 Å². The quantitative estimate of drug-likeness (QED) is 0.560. The minimum Gasteiger partial charge on any atom is -0.496 e. The third-order valence-corrected chi connectivity index (χ3v) is 6.66. The van der Waals surface area contributed by atoms with Crippen molar-refractivity contribution in [1.82, 2.24) is 9.29 Å². The minimum atomic E-state index is -3.70. The Kier molecular flexibility index (Phi) is 6.67. The highest BCUT2D eigenvalue weighted by Gasteiger charge is 2.26. The van der Waals surface area contributed by atoms with Gasteiger partial charge in [0, 0.05) is 12.7 Å². The van der Waals surface area contributed by atoms with Crippen molar-refractivity contribution < 1.29 is 13.2 Å². The second-order valence-corrected chi connectivity index (χ2v) is 8.92. The van der Waals surface area contributed by atoms with Crippen LogP contribution in [-0.4, -0.2) is 31.4 Å². The van der Waals surface area contributed by atoms with Crippen molar-refractivity contribution in [3.8, 4) is 5.75 Å². The van der Waals surface area contributed by atoms with Gasteiger partial charge in [-0.15, -0.1) is 0 Å². The number of hydrogen-bond donors (Lipinski definition) is 0. The number of pyridine rings is 1. The lowest BCUT2D eigenvalue weighted by molar-refractivity contribution is 0.402. The molecule has 0 fully saturated rings. The molecule has 6 heteroatoms. The van der Waals surface area contributed by atoms with Gasteiger partial charge in [0.2, 0.25) is 10.0 Å². The molecule has 2 aromatic carbocycles. The lowest BCUT2D eigenvalue weighted by Gasteiger charge is -2.23. The summed E-state index contributed by atoms with van der Waals surface area (Å²) in [6, 6.07) is 18.8. The molecule has 0 radical (unpaired) electrons. The number of ether oxygens (including phenoxy) is 1. The van der Waals surface area contributed by atoms with Crippen LogP contribution >= 0.6 is 0 Å². The van der Waals surface area contributed by atoms with Gasteiger partial charge in [-0.2, -0.15) is 4.31 Å². The largest absolute Gasteiger partial charge is 0.496 e. The summed E-state index contributed by atoms with van der Waals surface area (Å²) in [7, 11) is -2.11. The zero-order valence-electron chi connectivity index (χ0n) is 17.0. The zero-order chi connectivity index (χ0) is 20.9. The van der Waals surface area contributed by atoms with Crippen molar-refractivity contribution in [2.75, 3.05) is 13.7 Å². The summed E-state index contributed by atoms with van der Waals surface area (Å²) >= 11 is 0. The summed E-state index contributed by atoms with van der Waals surface area (Å²) in [5.41, 5.74) is 3.40. The van der Waals surface area contributed by atoms with Gasteiger partial charge >= 0.3 is 0 Å². The van der Waals surface area contributed by atoms with E-state index in [1.165, 1.54) is 4.31 Å². The third kappa shape index (κ3) is 5.02. The Morgan fingerprint density at radius 2 is 1.62 bits per heavy atom. The van der Waals surface area contributed by atoms with E-state index in [4.69, 9.17) is 4.74 Å². The highest BCUT2D eigenvalue weighted by molar-refractivity contribution is 7.89. The predicted octanol–water partition coefficient (Wildman–Crippen LogP) is 4.14. The average molecular weight is 411 g/mol. The highest BCUT2D eigenvalue weighted by atomic mass is 32.2. The van der Waals surface area contributed by atoms with E-state index in [2.05, 4.69) is 4.98 Å². The summed E-state index contributed by atoms with van der Waals surface area (Å²) in [5, 5.41) is 0. The number of aryl methyl sites for hydroxylation is 2. The molecule has 29 heavy (non-hydrogen) atoms. The van der Waals surface area contributed by atoms with Crippen molar-refractivity contribution >= 4 is 10.0 Å². The van der Waals surface area contributed by atoms with Crippen LogP contribution in [0, 0.1) is 13.8 Å². The summed E-state index contributed by atoms with van der Waals surface area (Å²) < 4.78 is 33.9. The molecule has 3 rings (SSSR count). The van der Waals surface area contributed by atoms with Crippen LogP contribution in [0.2, 0.25) is 0 Å². The van der Waals surface area contributed by atoms with Crippen LogP contribution in [0.3, 0.4) is 0 Å². The van der Waals surface area contributed by atoms with Gasteiger partial charge in [-0.25, -0.2) is 8.42 Å². The Morgan fingerprint density at radius 1 is 0.966 bits per heavy atom. The second kappa shape index (κ2) is 9.20. The monoisotopic (exact) mass is 410 g/mol. The Morgan fingerprint density at radius 3 is 2.21 bits per heavy atom. The smallest absolute Gasteiger partial charge is 0.243 e. The van der Waals surface area contributed by atoms with Crippen LogP contribution in [0.25, 0.3) is 0 Å². The van der Waals surface area contributed by atoms with Crippen LogP contribution in [0.1, 0.15) is 22.4 Å². The van der Waals surface area contributed by atoms with Gasteiger partial charge in [0.15, 0.2) is 0 Å². The highest BCUT2D eigenvalue weighted by Crippen LogP contribution is 2.28. The molecule has 0 spiro atoms. The molecule has 1 heterocycles. The maximum Gasteiger partial charge on any atom is 0.243 e. The molecule has 3 aromatic rings. The first kappa shape index (κ1) is 21.0.